The number of anilines is 2. The van der Waals surface area contributed by atoms with E-state index in [1.54, 1.807) is 6.07 Å². The van der Waals surface area contributed by atoms with E-state index >= 15 is 0 Å². The molecule has 2 aromatic carbocycles. The van der Waals surface area contributed by atoms with Crippen LogP contribution in [0.5, 0.6) is 0 Å². The van der Waals surface area contributed by atoms with E-state index in [2.05, 4.69) is 36.9 Å². The molecule has 0 aliphatic carbocycles. The summed E-state index contributed by atoms with van der Waals surface area (Å²) in [7, 11) is 0. The minimum Gasteiger partial charge on any atom is -0.478 e. The summed E-state index contributed by atoms with van der Waals surface area (Å²) in [4.78, 5) is 13.2. The van der Waals surface area contributed by atoms with Crippen molar-refractivity contribution >= 4 is 17.3 Å². The molecule has 0 radical (unpaired) electrons. The van der Waals surface area contributed by atoms with Crippen LogP contribution in [0.2, 0.25) is 0 Å². The van der Waals surface area contributed by atoms with E-state index < -0.39 is 5.97 Å². The van der Waals surface area contributed by atoms with Gasteiger partial charge in [0, 0.05) is 17.9 Å². The third kappa shape index (κ3) is 2.82. The molecule has 0 aliphatic heterocycles. The number of benzene rings is 2. The summed E-state index contributed by atoms with van der Waals surface area (Å²) in [5, 5.41) is 9.09. The van der Waals surface area contributed by atoms with Gasteiger partial charge in [0.2, 0.25) is 0 Å². The lowest BCUT2D eigenvalue weighted by Crippen LogP contribution is -2.16. The number of hydrogen-bond donors (Lipinski definition) is 1. The highest BCUT2D eigenvalue weighted by molar-refractivity contribution is 5.90. The maximum atomic E-state index is 11.1. The quantitative estimate of drug-likeness (QED) is 0.906. The van der Waals surface area contributed by atoms with Crippen LogP contribution < -0.4 is 4.90 Å². The van der Waals surface area contributed by atoms with Gasteiger partial charge in [0.1, 0.15) is 0 Å². The molecule has 0 fully saturated rings. The van der Waals surface area contributed by atoms with Crippen LogP contribution in [0.15, 0.2) is 42.5 Å². The molecule has 0 saturated carbocycles. The van der Waals surface area contributed by atoms with Crippen LogP contribution in [-0.2, 0) is 0 Å². The van der Waals surface area contributed by atoms with Gasteiger partial charge in [-0.25, -0.2) is 4.79 Å². The van der Waals surface area contributed by atoms with Crippen LogP contribution in [0, 0.1) is 13.8 Å². The van der Waals surface area contributed by atoms with Crippen molar-refractivity contribution in [2.45, 2.75) is 20.8 Å². The Morgan fingerprint density at radius 1 is 1.10 bits per heavy atom. The highest BCUT2D eigenvalue weighted by Gasteiger charge is 2.11. The summed E-state index contributed by atoms with van der Waals surface area (Å²) in [6, 6.07) is 13.8. The maximum Gasteiger partial charge on any atom is 0.335 e. The molecule has 104 valence electrons. The van der Waals surface area contributed by atoms with Crippen LogP contribution in [0.4, 0.5) is 11.4 Å². The number of carboxylic acids is 1. The number of nitrogens with zero attached hydrogens (tertiary/aromatic N) is 1. The monoisotopic (exact) mass is 269 g/mol. The van der Waals surface area contributed by atoms with Crippen LogP contribution in [0.3, 0.4) is 0 Å². The molecule has 0 aliphatic rings. The lowest BCUT2D eigenvalue weighted by Gasteiger charge is -2.24. The first-order chi connectivity index (χ1) is 9.52. The van der Waals surface area contributed by atoms with Gasteiger partial charge in [-0.3, -0.25) is 0 Å². The zero-order chi connectivity index (χ0) is 14.7. The van der Waals surface area contributed by atoms with E-state index in [9.17, 15) is 4.79 Å². The van der Waals surface area contributed by atoms with Gasteiger partial charge in [0.15, 0.2) is 0 Å². The van der Waals surface area contributed by atoms with E-state index in [1.807, 2.05) is 25.1 Å². The summed E-state index contributed by atoms with van der Waals surface area (Å²) in [6.45, 7) is 6.81. The summed E-state index contributed by atoms with van der Waals surface area (Å²) in [5.41, 5.74) is 4.48. The Morgan fingerprint density at radius 3 is 2.35 bits per heavy atom. The molecule has 3 nitrogen and oxygen atoms in total. The predicted octanol–water partition coefficient (Wildman–Crippen LogP) is 4.16. The first-order valence-corrected chi connectivity index (χ1v) is 6.71. The van der Waals surface area contributed by atoms with Gasteiger partial charge in [-0.1, -0.05) is 12.1 Å². The van der Waals surface area contributed by atoms with Gasteiger partial charge in [0.05, 0.1) is 5.56 Å². The molecule has 0 bridgehead atoms. The average molecular weight is 269 g/mol. The normalized spacial score (nSPS) is 10.3. The molecule has 0 unspecified atom stereocenters. The number of rotatable bonds is 4. The highest BCUT2D eigenvalue weighted by Crippen LogP contribution is 2.27. The van der Waals surface area contributed by atoms with E-state index in [0.717, 1.165) is 23.5 Å². The van der Waals surface area contributed by atoms with Crippen LogP contribution in [0.1, 0.15) is 28.4 Å². The van der Waals surface area contributed by atoms with Gasteiger partial charge in [0.25, 0.3) is 0 Å². The Hall–Kier alpha value is -2.29. The number of carbonyl (C=O) groups is 1. The summed E-state index contributed by atoms with van der Waals surface area (Å²) < 4.78 is 0. The number of aryl methyl sites for hydroxylation is 2. The van der Waals surface area contributed by atoms with E-state index in [-0.39, 0.29) is 0 Å². The van der Waals surface area contributed by atoms with Crippen molar-refractivity contribution in [3.63, 3.8) is 0 Å². The Kier molecular flexibility index (Phi) is 4.08. The fraction of sp³-hybridized carbons (Fsp3) is 0.235. The van der Waals surface area contributed by atoms with E-state index in [4.69, 9.17) is 5.11 Å². The minimum absolute atomic E-state index is 0.356. The number of carboxylic acid groups (broad SMARTS) is 1. The molecule has 2 aromatic rings. The zero-order valence-electron chi connectivity index (χ0n) is 12.1. The van der Waals surface area contributed by atoms with Crippen molar-refractivity contribution in [1.29, 1.82) is 0 Å². The first kappa shape index (κ1) is 14.1. The Balaban J connectivity index is 2.42. The van der Waals surface area contributed by atoms with E-state index in [0.29, 0.717) is 5.56 Å². The fourth-order valence-electron chi connectivity index (χ4n) is 2.37. The standard InChI is InChI=1S/C17H19NO2/c1-4-18(14-7-5-6-12(2)10-14)15-8-9-16(17(19)20)13(3)11-15/h5-11H,4H2,1-3H3,(H,19,20). The van der Waals surface area contributed by atoms with Crippen molar-refractivity contribution in [3.05, 3.63) is 59.2 Å². The maximum absolute atomic E-state index is 11.1. The van der Waals surface area contributed by atoms with Crippen molar-refractivity contribution in [1.82, 2.24) is 0 Å². The molecule has 20 heavy (non-hydrogen) atoms. The largest absolute Gasteiger partial charge is 0.478 e. The van der Waals surface area contributed by atoms with Gasteiger partial charge < -0.3 is 10.0 Å². The second kappa shape index (κ2) is 5.78. The Morgan fingerprint density at radius 2 is 1.80 bits per heavy atom. The molecule has 0 atom stereocenters. The molecular weight excluding hydrogens is 250 g/mol. The Bertz CT molecular complexity index is 635. The minimum atomic E-state index is -0.882. The van der Waals surface area contributed by atoms with Gasteiger partial charge in [-0.15, -0.1) is 0 Å². The highest BCUT2D eigenvalue weighted by atomic mass is 16.4. The lowest BCUT2D eigenvalue weighted by atomic mass is 10.1. The zero-order valence-corrected chi connectivity index (χ0v) is 12.1. The third-order valence-corrected chi connectivity index (χ3v) is 3.38. The molecule has 3 heteroatoms. The number of hydrogen-bond acceptors (Lipinski definition) is 2. The third-order valence-electron chi connectivity index (χ3n) is 3.38. The second-order valence-corrected chi connectivity index (χ2v) is 4.89. The molecule has 0 saturated heterocycles. The first-order valence-electron chi connectivity index (χ1n) is 6.71. The van der Waals surface area contributed by atoms with Gasteiger partial charge >= 0.3 is 5.97 Å². The van der Waals surface area contributed by atoms with Crippen LogP contribution >= 0.6 is 0 Å². The molecule has 0 heterocycles. The van der Waals surface area contributed by atoms with Crippen molar-refractivity contribution in [2.24, 2.45) is 0 Å². The molecule has 1 N–H and O–H groups in total. The van der Waals surface area contributed by atoms with Crippen molar-refractivity contribution < 1.29 is 9.90 Å². The summed E-state index contributed by atoms with van der Waals surface area (Å²) in [6.07, 6.45) is 0. The van der Waals surface area contributed by atoms with Crippen LogP contribution in [-0.4, -0.2) is 17.6 Å². The number of aromatic carboxylic acids is 1. The second-order valence-electron chi connectivity index (χ2n) is 4.89. The van der Waals surface area contributed by atoms with Gasteiger partial charge in [-0.2, -0.15) is 0 Å². The topological polar surface area (TPSA) is 40.5 Å². The SMILES string of the molecule is CCN(c1cccc(C)c1)c1ccc(C(=O)O)c(C)c1. The van der Waals surface area contributed by atoms with Crippen LogP contribution in [0.25, 0.3) is 0 Å². The average Bonchev–Trinajstić information content (AvgIpc) is 2.39. The summed E-state index contributed by atoms with van der Waals surface area (Å²) >= 11 is 0. The Labute approximate surface area is 119 Å². The van der Waals surface area contributed by atoms with Crippen molar-refractivity contribution in [2.75, 3.05) is 11.4 Å². The van der Waals surface area contributed by atoms with Gasteiger partial charge in [-0.05, 0) is 62.2 Å². The molecule has 0 spiro atoms. The fourth-order valence-corrected chi connectivity index (χ4v) is 2.37. The summed E-state index contributed by atoms with van der Waals surface area (Å²) in [5.74, 6) is -0.882. The lowest BCUT2D eigenvalue weighted by molar-refractivity contribution is 0.0696. The molecule has 2 rings (SSSR count). The molecule has 0 aromatic heterocycles. The predicted molar refractivity (Wildman–Crippen MR) is 82.0 cm³/mol. The van der Waals surface area contributed by atoms with E-state index in [1.165, 1.54) is 5.56 Å². The molecule has 0 amide bonds. The van der Waals surface area contributed by atoms with Crippen molar-refractivity contribution in [3.8, 4) is 0 Å². The smallest absolute Gasteiger partial charge is 0.335 e. The molecular formula is C17H19NO2.